The molecule has 1 aliphatic rings. The van der Waals surface area contributed by atoms with Crippen molar-refractivity contribution in [2.24, 2.45) is 11.1 Å². The number of primary sulfonamides is 1. The summed E-state index contributed by atoms with van der Waals surface area (Å²) in [6, 6.07) is 14.3. The summed E-state index contributed by atoms with van der Waals surface area (Å²) < 4.78 is 34.5. The minimum absolute atomic E-state index is 0.0266. The summed E-state index contributed by atoms with van der Waals surface area (Å²) in [6.45, 7) is 5.37. The number of sulfonamides is 1. The van der Waals surface area contributed by atoms with Crippen LogP contribution in [0.3, 0.4) is 0 Å². The van der Waals surface area contributed by atoms with Gasteiger partial charge in [-0.1, -0.05) is 32.0 Å². The van der Waals surface area contributed by atoms with E-state index in [9.17, 15) is 8.42 Å². The highest BCUT2D eigenvalue weighted by atomic mass is 32.2. The number of ether oxygens (including phenoxy) is 2. The number of nitrogens with two attached hydrogens (primary N) is 1. The average Bonchev–Trinajstić information content (AvgIpc) is 3.27. The Bertz CT molecular complexity index is 1450. The normalized spacial score (nSPS) is 14.4. The fraction of sp³-hybridized carbons (Fsp3) is 0.250. The summed E-state index contributed by atoms with van der Waals surface area (Å²) >= 11 is 0. The van der Waals surface area contributed by atoms with E-state index in [1.165, 1.54) is 18.5 Å². The van der Waals surface area contributed by atoms with Crippen LogP contribution >= 0.6 is 0 Å². The number of aromatic amines is 1. The van der Waals surface area contributed by atoms with E-state index in [0.29, 0.717) is 24.7 Å². The van der Waals surface area contributed by atoms with E-state index >= 15 is 0 Å². The van der Waals surface area contributed by atoms with Crippen molar-refractivity contribution in [1.82, 2.24) is 15.0 Å². The van der Waals surface area contributed by atoms with Gasteiger partial charge in [-0.3, -0.25) is 0 Å². The molecular formula is C24H25N5O4S. The summed E-state index contributed by atoms with van der Waals surface area (Å²) in [4.78, 5) is 12.2. The standard InChI is InChI=1S/C24H25N5O4S/c1-14(2)22(16-5-8-20-21(11-16)33-10-9-32-20)29-24-18-12-19(28-23(18)26-13-27-24)15-3-6-17(7-4-15)34(25,30)31/h3-8,11-14,22H,9-10H2,1-2H3,(H2,25,30,31)(H2,26,27,28,29)/t22-/m1/s1. The molecule has 0 aliphatic carbocycles. The number of rotatable bonds is 6. The minimum Gasteiger partial charge on any atom is -0.486 e. The van der Waals surface area contributed by atoms with Gasteiger partial charge in [-0.25, -0.2) is 23.5 Å². The molecule has 1 atom stereocenters. The van der Waals surface area contributed by atoms with Crippen LogP contribution in [-0.4, -0.2) is 36.6 Å². The second-order valence-electron chi connectivity index (χ2n) is 8.51. The van der Waals surface area contributed by atoms with Gasteiger partial charge in [0.1, 0.15) is 31.0 Å². The molecule has 2 aromatic carbocycles. The summed E-state index contributed by atoms with van der Waals surface area (Å²) in [7, 11) is -3.75. The quantitative estimate of drug-likeness (QED) is 0.383. The van der Waals surface area contributed by atoms with Gasteiger partial charge in [0.2, 0.25) is 10.0 Å². The topological polar surface area (TPSA) is 132 Å². The largest absolute Gasteiger partial charge is 0.486 e. The molecule has 4 aromatic rings. The first-order valence-corrected chi connectivity index (χ1v) is 12.5. The molecule has 0 fully saturated rings. The molecule has 0 bridgehead atoms. The molecule has 10 heteroatoms. The van der Waals surface area contributed by atoms with Crippen molar-refractivity contribution >= 4 is 26.9 Å². The lowest BCUT2D eigenvalue weighted by molar-refractivity contribution is 0.171. The third-order valence-corrected chi connectivity index (χ3v) is 6.73. The van der Waals surface area contributed by atoms with Crippen LogP contribution in [0.4, 0.5) is 5.82 Å². The Labute approximate surface area is 197 Å². The van der Waals surface area contributed by atoms with E-state index < -0.39 is 10.0 Å². The van der Waals surface area contributed by atoms with Crippen molar-refractivity contribution in [2.45, 2.75) is 24.8 Å². The molecule has 4 N–H and O–H groups in total. The minimum atomic E-state index is -3.75. The zero-order valence-electron chi connectivity index (χ0n) is 18.8. The fourth-order valence-corrected chi connectivity index (χ4v) is 4.59. The molecular weight excluding hydrogens is 454 g/mol. The zero-order valence-corrected chi connectivity index (χ0v) is 19.6. The van der Waals surface area contributed by atoms with E-state index in [4.69, 9.17) is 14.6 Å². The van der Waals surface area contributed by atoms with Crippen LogP contribution in [0.25, 0.3) is 22.3 Å². The molecule has 0 saturated heterocycles. The van der Waals surface area contributed by atoms with Crippen LogP contribution in [0.15, 0.2) is 59.8 Å². The highest BCUT2D eigenvalue weighted by Gasteiger charge is 2.21. The maximum absolute atomic E-state index is 11.5. The fourth-order valence-electron chi connectivity index (χ4n) is 4.07. The molecule has 0 unspecified atom stereocenters. The van der Waals surface area contributed by atoms with E-state index in [2.05, 4.69) is 34.1 Å². The number of aromatic nitrogens is 3. The summed E-state index contributed by atoms with van der Waals surface area (Å²) in [5, 5.41) is 9.61. The smallest absolute Gasteiger partial charge is 0.238 e. The lowest BCUT2D eigenvalue weighted by atomic mass is 9.95. The van der Waals surface area contributed by atoms with Crippen molar-refractivity contribution in [3.8, 4) is 22.8 Å². The number of benzene rings is 2. The Morgan fingerprint density at radius 1 is 1.00 bits per heavy atom. The first-order valence-electron chi connectivity index (χ1n) is 10.9. The van der Waals surface area contributed by atoms with Crippen molar-refractivity contribution in [3.63, 3.8) is 0 Å². The number of nitrogens with one attached hydrogen (secondary N) is 2. The van der Waals surface area contributed by atoms with Gasteiger partial charge in [-0.2, -0.15) is 0 Å². The van der Waals surface area contributed by atoms with E-state index in [1.54, 1.807) is 12.1 Å². The van der Waals surface area contributed by atoms with Crippen LogP contribution in [0, 0.1) is 5.92 Å². The van der Waals surface area contributed by atoms with Crippen LogP contribution in [-0.2, 0) is 10.0 Å². The van der Waals surface area contributed by atoms with Gasteiger partial charge in [0.05, 0.1) is 16.3 Å². The zero-order chi connectivity index (χ0) is 23.9. The molecule has 0 saturated carbocycles. The lowest BCUT2D eigenvalue weighted by Gasteiger charge is -2.26. The number of hydrogen-bond acceptors (Lipinski definition) is 7. The Kier molecular flexibility index (Phi) is 5.62. The maximum atomic E-state index is 11.5. The molecule has 9 nitrogen and oxygen atoms in total. The molecule has 0 spiro atoms. The van der Waals surface area contributed by atoms with Gasteiger partial charge in [0.25, 0.3) is 0 Å². The van der Waals surface area contributed by atoms with Gasteiger partial charge in [0, 0.05) is 5.69 Å². The number of hydrogen-bond donors (Lipinski definition) is 3. The van der Waals surface area contributed by atoms with Crippen molar-refractivity contribution in [3.05, 3.63) is 60.4 Å². The van der Waals surface area contributed by atoms with Crippen molar-refractivity contribution in [1.29, 1.82) is 0 Å². The van der Waals surface area contributed by atoms with Crippen molar-refractivity contribution in [2.75, 3.05) is 18.5 Å². The monoisotopic (exact) mass is 479 g/mol. The number of fused-ring (bicyclic) bond motifs is 2. The van der Waals surface area contributed by atoms with E-state index in [0.717, 1.165) is 33.7 Å². The molecule has 0 amide bonds. The van der Waals surface area contributed by atoms with Crippen LogP contribution in [0.5, 0.6) is 11.5 Å². The summed E-state index contributed by atoms with van der Waals surface area (Å²) in [6.07, 6.45) is 1.51. The number of anilines is 1. The third-order valence-electron chi connectivity index (χ3n) is 5.80. The molecule has 3 heterocycles. The van der Waals surface area contributed by atoms with E-state index in [-0.39, 0.29) is 16.9 Å². The van der Waals surface area contributed by atoms with Gasteiger partial charge in [-0.15, -0.1) is 0 Å². The van der Waals surface area contributed by atoms with Crippen LogP contribution < -0.4 is 19.9 Å². The summed E-state index contributed by atoms with van der Waals surface area (Å²) in [5.41, 5.74) is 3.34. The highest BCUT2D eigenvalue weighted by molar-refractivity contribution is 7.89. The Morgan fingerprint density at radius 2 is 1.74 bits per heavy atom. The third kappa shape index (κ3) is 4.29. The van der Waals surface area contributed by atoms with Crippen LogP contribution in [0.1, 0.15) is 25.5 Å². The van der Waals surface area contributed by atoms with E-state index in [1.807, 2.05) is 24.3 Å². The molecule has 0 radical (unpaired) electrons. The first kappa shape index (κ1) is 22.2. The van der Waals surface area contributed by atoms with Crippen molar-refractivity contribution < 1.29 is 17.9 Å². The molecule has 176 valence electrons. The highest BCUT2D eigenvalue weighted by Crippen LogP contribution is 2.36. The molecule has 1 aliphatic heterocycles. The number of nitrogens with zero attached hydrogens (tertiary/aromatic N) is 2. The first-order chi connectivity index (χ1) is 16.3. The molecule has 5 rings (SSSR count). The van der Waals surface area contributed by atoms with Gasteiger partial charge >= 0.3 is 0 Å². The predicted molar refractivity (Wildman–Crippen MR) is 129 cm³/mol. The molecule has 34 heavy (non-hydrogen) atoms. The van der Waals surface area contributed by atoms with Gasteiger partial charge in [-0.05, 0) is 47.4 Å². The predicted octanol–water partition coefficient (Wildman–Crippen LogP) is 3.85. The van der Waals surface area contributed by atoms with Gasteiger partial charge < -0.3 is 19.8 Å². The van der Waals surface area contributed by atoms with Crippen LogP contribution in [0.2, 0.25) is 0 Å². The summed E-state index contributed by atoms with van der Waals surface area (Å²) in [5.74, 6) is 2.46. The second-order valence-corrected chi connectivity index (χ2v) is 10.1. The van der Waals surface area contributed by atoms with Gasteiger partial charge in [0.15, 0.2) is 11.5 Å². The Morgan fingerprint density at radius 3 is 2.44 bits per heavy atom. The SMILES string of the molecule is CC(C)[C@@H](Nc1ncnc2[nH]c(-c3ccc(S(N)(=O)=O)cc3)cc12)c1ccc2c(c1)OCCO2. The number of H-pyrrole nitrogens is 1. The second kappa shape index (κ2) is 8.62. The Hall–Kier alpha value is -3.63. The molecule has 2 aromatic heterocycles. The maximum Gasteiger partial charge on any atom is 0.238 e. The lowest BCUT2D eigenvalue weighted by Crippen LogP contribution is -2.19. The average molecular weight is 480 g/mol. The Balaban J connectivity index is 1.48.